The van der Waals surface area contributed by atoms with Crippen LogP contribution in [0.15, 0.2) is 48.7 Å². The van der Waals surface area contributed by atoms with Crippen molar-refractivity contribution in [1.29, 1.82) is 0 Å². The minimum atomic E-state index is -0.0619. The molecule has 24 heavy (non-hydrogen) atoms. The molecule has 3 rings (SSSR count). The summed E-state index contributed by atoms with van der Waals surface area (Å²) < 4.78 is 1.58. The van der Waals surface area contributed by atoms with Gasteiger partial charge < -0.3 is 15.9 Å². The highest BCUT2D eigenvalue weighted by atomic mass is 16.3. The number of aromatic hydroxyl groups is 2. The molecule has 122 valence electrons. The summed E-state index contributed by atoms with van der Waals surface area (Å²) >= 11 is 0. The van der Waals surface area contributed by atoms with Crippen molar-refractivity contribution >= 4 is 11.5 Å². The third-order valence-electron chi connectivity index (χ3n) is 3.80. The van der Waals surface area contributed by atoms with E-state index in [1.165, 1.54) is 12.1 Å². The summed E-state index contributed by atoms with van der Waals surface area (Å²) in [6.45, 7) is 1.80. The molecule has 6 nitrogen and oxygen atoms in total. The standard InChI is InChI=1S/C18H17N3O3/c1-2-17(23)11-3-6-16(14(19)9-11)21-15(7-8-20-21)13-5-4-12(22)10-18(13)24/h3-10,22,24H,2,19H2,1H3. The molecule has 0 radical (unpaired) electrons. The van der Waals surface area contributed by atoms with Gasteiger partial charge >= 0.3 is 0 Å². The Balaban J connectivity index is 2.09. The third kappa shape index (κ3) is 2.69. The van der Waals surface area contributed by atoms with Gasteiger partial charge in [-0.15, -0.1) is 0 Å². The number of aromatic nitrogens is 2. The number of nitrogen functional groups attached to an aromatic ring is 1. The van der Waals surface area contributed by atoms with E-state index < -0.39 is 0 Å². The lowest BCUT2D eigenvalue weighted by Crippen LogP contribution is -2.05. The fourth-order valence-corrected chi connectivity index (χ4v) is 2.56. The molecular weight excluding hydrogens is 306 g/mol. The highest BCUT2D eigenvalue weighted by Gasteiger charge is 2.15. The minimum Gasteiger partial charge on any atom is -0.508 e. The number of hydrogen-bond donors (Lipinski definition) is 3. The van der Waals surface area contributed by atoms with Crippen LogP contribution in [0.5, 0.6) is 11.5 Å². The summed E-state index contributed by atoms with van der Waals surface area (Å²) in [7, 11) is 0. The number of hydrogen-bond acceptors (Lipinski definition) is 5. The maximum absolute atomic E-state index is 11.8. The molecule has 0 saturated carbocycles. The summed E-state index contributed by atoms with van der Waals surface area (Å²) in [5.41, 5.74) is 8.81. The van der Waals surface area contributed by atoms with Crippen molar-refractivity contribution < 1.29 is 15.0 Å². The Kier molecular flexibility index (Phi) is 3.95. The molecule has 0 bridgehead atoms. The van der Waals surface area contributed by atoms with Crippen LogP contribution in [0.1, 0.15) is 23.7 Å². The van der Waals surface area contributed by atoms with Crippen LogP contribution in [0, 0.1) is 0 Å². The molecule has 6 heteroatoms. The Morgan fingerprint density at radius 2 is 1.96 bits per heavy atom. The van der Waals surface area contributed by atoms with Crippen LogP contribution in [0.4, 0.5) is 5.69 Å². The van der Waals surface area contributed by atoms with Crippen molar-refractivity contribution in [3.8, 4) is 28.4 Å². The number of anilines is 1. The minimum absolute atomic E-state index is 0.0186. The second-order valence-corrected chi connectivity index (χ2v) is 5.38. The predicted molar refractivity (Wildman–Crippen MR) is 91.4 cm³/mol. The monoisotopic (exact) mass is 323 g/mol. The molecule has 0 atom stereocenters. The van der Waals surface area contributed by atoms with Crippen LogP contribution in [-0.4, -0.2) is 25.8 Å². The van der Waals surface area contributed by atoms with Gasteiger partial charge in [0.15, 0.2) is 5.78 Å². The Labute approximate surface area is 138 Å². The first-order valence-corrected chi connectivity index (χ1v) is 7.50. The van der Waals surface area contributed by atoms with E-state index in [1.807, 2.05) is 0 Å². The quantitative estimate of drug-likeness (QED) is 0.506. The van der Waals surface area contributed by atoms with Crippen molar-refractivity contribution in [2.24, 2.45) is 0 Å². The van der Waals surface area contributed by atoms with Gasteiger partial charge in [-0.1, -0.05) is 6.92 Å². The molecule has 2 aromatic carbocycles. The van der Waals surface area contributed by atoms with E-state index in [2.05, 4.69) is 5.10 Å². The second-order valence-electron chi connectivity index (χ2n) is 5.38. The van der Waals surface area contributed by atoms with Crippen LogP contribution < -0.4 is 5.73 Å². The number of Topliss-reactive ketones (excluding diaryl/α,β-unsaturated/α-hetero) is 1. The molecular formula is C18H17N3O3. The number of nitrogens with two attached hydrogens (primary N) is 1. The highest BCUT2D eigenvalue weighted by molar-refractivity contribution is 5.97. The zero-order valence-corrected chi connectivity index (χ0v) is 13.1. The molecule has 0 aliphatic rings. The zero-order chi connectivity index (χ0) is 17.3. The van der Waals surface area contributed by atoms with E-state index in [4.69, 9.17) is 5.73 Å². The first-order valence-electron chi connectivity index (χ1n) is 7.50. The highest BCUT2D eigenvalue weighted by Crippen LogP contribution is 2.34. The average Bonchev–Trinajstić information content (AvgIpc) is 3.03. The van der Waals surface area contributed by atoms with E-state index in [0.717, 1.165) is 0 Å². The Morgan fingerprint density at radius 3 is 2.62 bits per heavy atom. The van der Waals surface area contributed by atoms with Crippen LogP contribution in [0.3, 0.4) is 0 Å². The van der Waals surface area contributed by atoms with Crippen molar-refractivity contribution in [2.45, 2.75) is 13.3 Å². The molecule has 0 aliphatic heterocycles. The van der Waals surface area contributed by atoms with Gasteiger partial charge in [0.25, 0.3) is 0 Å². The number of rotatable bonds is 4. The molecule has 0 aliphatic carbocycles. The van der Waals surface area contributed by atoms with E-state index in [-0.39, 0.29) is 17.3 Å². The number of nitrogens with zero attached hydrogens (tertiary/aromatic N) is 2. The predicted octanol–water partition coefficient (Wildman–Crippen LogP) is 3.13. The Hall–Kier alpha value is -3.28. The normalized spacial score (nSPS) is 10.7. The van der Waals surface area contributed by atoms with Crippen LogP contribution in [-0.2, 0) is 0 Å². The van der Waals surface area contributed by atoms with E-state index >= 15 is 0 Å². The van der Waals surface area contributed by atoms with Gasteiger partial charge in [-0.25, -0.2) is 4.68 Å². The van der Waals surface area contributed by atoms with E-state index in [9.17, 15) is 15.0 Å². The maximum atomic E-state index is 11.8. The molecule has 4 N–H and O–H groups in total. The molecule has 0 spiro atoms. The summed E-state index contributed by atoms with van der Waals surface area (Å²) in [5, 5.41) is 23.8. The number of ketones is 1. The number of phenols is 2. The molecule has 0 amide bonds. The van der Waals surface area contributed by atoms with Gasteiger partial charge in [0.1, 0.15) is 11.5 Å². The summed E-state index contributed by atoms with van der Waals surface area (Å²) in [6.07, 6.45) is 2.00. The fourth-order valence-electron chi connectivity index (χ4n) is 2.56. The SMILES string of the molecule is CCC(=O)c1ccc(-n2nccc2-c2ccc(O)cc2O)c(N)c1. The smallest absolute Gasteiger partial charge is 0.162 e. The Bertz CT molecular complexity index is 916. The lowest BCUT2D eigenvalue weighted by molar-refractivity contribution is 0.0988. The van der Waals surface area contributed by atoms with Crippen LogP contribution >= 0.6 is 0 Å². The molecule has 1 heterocycles. The Morgan fingerprint density at radius 1 is 1.17 bits per heavy atom. The van der Waals surface area contributed by atoms with Crippen LogP contribution in [0.2, 0.25) is 0 Å². The molecule has 1 aromatic heterocycles. The molecule has 0 unspecified atom stereocenters. The van der Waals surface area contributed by atoms with Crippen molar-refractivity contribution in [2.75, 3.05) is 5.73 Å². The summed E-state index contributed by atoms with van der Waals surface area (Å²) in [6, 6.07) is 11.1. The van der Waals surface area contributed by atoms with E-state index in [0.29, 0.717) is 34.6 Å². The van der Waals surface area contributed by atoms with E-state index in [1.54, 1.807) is 48.1 Å². The first-order chi connectivity index (χ1) is 11.5. The van der Waals surface area contributed by atoms with Gasteiger partial charge in [0.05, 0.1) is 23.3 Å². The van der Waals surface area contributed by atoms with Crippen molar-refractivity contribution in [1.82, 2.24) is 9.78 Å². The number of carbonyl (C=O) groups excluding carboxylic acids is 1. The topological polar surface area (TPSA) is 101 Å². The van der Waals surface area contributed by atoms with Crippen molar-refractivity contribution in [3.05, 3.63) is 54.2 Å². The molecule has 0 fully saturated rings. The lowest BCUT2D eigenvalue weighted by atomic mass is 10.1. The number of carbonyl (C=O) groups is 1. The average molecular weight is 323 g/mol. The maximum Gasteiger partial charge on any atom is 0.162 e. The van der Waals surface area contributed by atoms with Crippen LogP contribution in [0.25, 0.3) is 16.9 Å². The van der Waals surface area contributed by atoms with Gasteiger partial charge in [-0.05, 0) is 36.4 Å². The second kappa shape index (κ2) is 6.08. The molecule has 0 saturated heterocycles. The lowest BCUT2D eigenvalue weighted by Gasteiger charge is -2.12. The number of benzene rings is 2. The van der Waals surface area contributed by atoms with Gasteiger partial charge in [0.2, 0.25) is 0 Å². The molecule has 3 aromatic rings. The summed E-state index contributed by atoms with van der Waals surface area (Å²) in [5.74, 6) is -0.0671. The zero-order valence-electron chi connectivity index (χ0n) is 13.1. The largest absolute Gasteiger partial charge is 0.508 e. The van der Waals surface area contributed by atoms with Gasteiger partial charge in [-0.2, -0.15) is 5.10 Å². The third-order valence-corrected chi connectivity index (χ3v) is 3.80. The fraction of sp³-hybridized carbons (Fsp3) is 0.111. The van der Waals surface area contributed by atoms with Crippen molar-refractivity contribution in [3.63, 3.8) is 0 Å². The summed E-state index contributed by atoms with van der Waals surface area (Å²) in [4.78, 5) is 11.8. The van der Waals surface area contributed by atoms with Gasteiger partial charge in [0, 0.05) is 23.6 Å². The first kappa shape index (κ1) is 15.6. The van der Waals surface area contributed by atoms with Gasteiger partial charge in [-0.3, -0.25) is 4.79 Å². The number of phenolic OH excluding ortho intramolecular Hbond substituents is 2.